The molecule has 0 saturated carbocycles. The maximum Gasteiger partial charge on any atom is 0.127 e. The van der Waals surface area contributed by atoms with Crippen molar-refractivity contribution >= 4 is 0 Å². The summed E-state index contributed by atoms with van der Waals surface area (Å²) in [6.45, 7) is 14.1. The zero-order valence-corrected chi connectivity index (χ0v) is 15.3. The summed E-state index contributed by atoms with van der Waals surface area (Å²) in [7, 11) is 0. The van der Waals surface area contributed by atoms with E-state index in [1.165, 1.54) is 11.1 Å². The average molecular weight is 330 g/mol. The lowest BCUT2D eigenvalue weighted by atomic mass is 9.77. The van der Waals surface area contributed by atoms with E-state index in [9.17, 15) is 0 Å². The molecule has 0 saturated heterocycles. The standard InChI is InChI=1S/C24H26O/c1-6-8-9-10-20(7-2)24(4,5)21-13-17-23(18-14-21)25-22-15-11-19(3)12-16-22/h6-18H,1-2H2,3-5H3/b9-8-,20-10+. The smallest absolute Gasteiger partial charge is 0.127 e. The van der Waals surface area contributed by atoms with Crippen molar-refractivity contribution in [2.24, 2.45) is 0 Å². The SMILES string of the molecule is C=C/C=C\C=C(/C=C)C(C)(C)c1ccc(Oc2ccc(C)cc2)cc1. The van der Waals surface area contributed by atoms with Crippen molar-refractivity contribution < 1.29 is 4.74 Å². The molecule has 0 unspecified atom stereocenters. The van der Waals surface area contributed by atoms with Gasteiger partial charge in [0.1, 0.15) is 11.5 Å². The first kappa shape index (κ1) is 18.5. The number of allylic oxidation sites excluding steroid dienone is 6. The predicted octanol–water partition coefficient (Wildman–Crippen LogP) is 6.92. The number of ether oxygens (including phenoxy) is 1. The molecule has 2 aromatic carbocycles. The van der Waals surface area contributed by atoms with Gasteiger partial charge < -0.3 is 4.74 Å². The second-order valence-corrected chi connectivity index (χ2v) is 6.51. The summed E-state index contributed by atoms with van der Waals surface area (Å²) in [4.78, 5) is 0. The molecule has 1 heteroatoms. The fourth-order valence-electron chi connectivity index (χ4n) is 2.62. The first-order chi connectivity index (χ1) is 12.0. The molecule has 128 valence electrons. The lowest BCUT2D eigenvalue weighted by molar-refractivity contribution is 0.481. The summed E-state index contributed by atoms with van der Waals surface area (Å²) >= 11 is 0. The number of hydrogen-bond acceptors (Lipinski definition) is 1. The summed E-state index contributed by atoms with van der Waals surface area (Å²) in [6, 6.07) is 16.3. The summed E-state index contributed by atoms with van der Waals surface area (Å²) in [5.41, 5.74) is 3.44. The van der Waals surface area contributed by atoms with E-state index in [1.54, 1.807) is 6.08 Å². The molecule has 2 rings (SSSR count). The minimum Gasteiger partial charge on any atom is -0.457 e. The van der Waals surface area contributed by atoms with Crippen molar-refractivity contribution in [3.8, 4) is 11.5 Å². The Bertz CT molecular complexity index is 772. The molecule has 0 heterocycles. The summed E-state index contributed by atoms with van der Waals surface area (Å²) in [5.74, 6) is 1.68. The minimum absolute atomic E-state index is 0.143. The highest BCUT2D eigenvalue weighted by atomic mass is 16.5. The molecule has 0 bridgehead atoms. The summed E-state index contributed by atoms with van der Waals surface area (Å²) in [6.07, 6.45) is 9.65. The number of benzene rings is 2. The van der Waals surface area contributed by atoms with Gasteiger partial charge in [-0.3, -0.25) is 0 Å². The third kappa shape index (κ3) is 4.84. The number of hydrogen-bond donors (Lipinski definition) is 0. The maximum absolute atomic E-state index is 5.91. The molecule has 0 aliphatic heterocycles. The molecule has 0 aliphatic carbocycles. The van der Waals surface area contributed by atoms with Crippen LogP contribution < -0.4 is 4.74 Å². The third-order valence-electron chi connectivity index (χ3n) is 4.30. The van der Waals surface area contributed by atoms with Crippen LogP contribution in [0.3, 0.4) is 0 Å². The van der Waals surface area contributed by atoms with Crippen LogP contribution in [-0.4, -0.2) is 0 Å². The molecule has 0 amide bonds. The average Bonchev–Trinajstić information content (AvgIpc) is 2.61. The predicted molar refractivity (Wildman–Crippen MR) is 108 cm³/mol. The first-order valence-corrected chi connectivity index (χ1v) is 8.44. The topological polar surface area (TPSA) is 9.23 Å². The third-order valence-corrected chi connectivity index (χ3v) is 4.30. The van der Waals surface area contributed by atoms with Gasteiger partial charge in [-0.25, -0.2) is 0 Å². The molecule has 25 heavy (non-hydrogen) atoms. The van der Waals surface area contributed by atoms with Gasteiger partial charge in [0.15, 0.2) is 0 Å². The van der Waals surface area contributed by atoms with Crippen molar-refractivity contribution in [2.75, 3.05) is 0 Å². The van der Waals surface area contributed by atoms with Crippen LogP contribution >= 0.6 is 0 Å². The van der Waals surface area contributed by atoms with Crippen LogP contribution in [0.5, 0.6) is 11.5 Å². The van der Waals surface area contributed by atoms with E-state index < -0.39 is 0 Å². The molecule has 0 spiro atoms. The Kier molecular flexibility index (Phi) is 6.19. The minimum atomic E-state index is -0.143. The zero-order valence-electron chi connectivity index (χ0n) is 15.3. The van der Waals surface area contributed by atoms with E-state index in [4.69, 9.17) is 4.74 Å². The molecule has 0 aromatic heterocycles. The fourth-order valence-corrected chi connectivity index (χ4v) is 2.62. The van der Waals surface area contributed by atoms with Gasteiger partial charge in [-0.1, -0.05) is 87.2 Å². The van der Waals surface area contributed by atoms with Crippen LogP contribution in [0.25, 0.3) is 0 Å². The van der Waals surface area contributed by atoms with Crippen LogP contribution in [0.2, 0.25) is 0 Å². The zero-order chi connectivity index (χ0) is 18.3. The quantitative estimate of drug-likeness (QED) is 0.501. The highest BCUT2D eigenvalue weighted by Gasteiger charge is 2.23. The Labute approximate surface area is 151 Å². The van der Waals surface area contributed by atoms with E-state index in [-0.39, 0.29) is 5.41 Å². The van der Waals surface area contributed by atoms with Crippen molar-refractivity contribution in [1.29, 1.82) is 0 Å². The molecule has 0 atom stereocenters. The van der Waals surface area contributed by atoms with Crippen molar-refractivity contribution in [3.05, 3.63) is 109 Å². The van der Waals surface area contributed by atoms with Gasteiger partial charge in [-0.2, -0.15) is 0 Å². The largest absolute Gasteiger partial charge is 0.457 e. The molecule has 0 fully saturated rings. The number of rotatable bonds is 7. The van der Waals surface area contributed by atoms with Gasteiger partial charge in [0.2, 0.25) is 0 Å². The highest BCUT2D eigenvalue weighted by Crippen LogP contribution is 2.33. The molecule has 2 aromatic rings. The molecule has 0 aliphatic rings. The molecule has 1 nitrogen and oxygen atoms in total. The van der Waals surface area contributed by atoms with E-state index in [0.29, 0.717) is 0 Å². The number of aryl methyl sites for hydroxylation is 1. The van der Waals surface area contributed by atoms with Gasteiger partial charge in [0.05, 0.1) is 0 Å². The molecule has 0 N–H and O–H groups in total. The van der Waals surface area contributed by atoms with Gasteiger partial charge in [0, 0.05) is 5.41 Å². The van der Waals surface area contributed by atoms with Gasteiger partial charge in [-0.05, 0) is 42.3 Å². The van der Waals surface area contributed by atoms with Crippen LogP contribution in [-0.2, 0) is 5.41 Å². The Morgan fingerprint density at radius 3 is 1.96 bits per heavy atom. The summed E-state index contributed by atoms with van der Waals surface area (Å²) < 4.78 is 5.91. The Morgan fingerprint density at radius 2 is 1.44 bits per heavy atom. The fraction of sp³-hybridized carbons (Fsp3) is 0.167. The van der Waals surface area contributed by atoms with Crippen LogP contribution in [0, 0.1) is 6.92 Å². The maximum atomic E-state index is 5.91. The molecular formula is C24H26O. The Morgan fingerprint density at radius 1 is 0.880 bits per heavy atom. The molecular weight excluding hydrogens is 304 g/mol. The highest BCUT2D eigenvalue weighted by molar-refractivity contribution is 5.44. The second-order valence-electron chi connectivity index (χ2n) is 6.51. The van der Waals surface area contributed by atoms with Gasteiger partial charge >= 0.3 is 0 Å². The van der Waals surface area contributed by atoms with Crippen LogP contribution in [0.1, 0.15) is 25.0 Å². The van der Waals surface area contributed by atoms with Gasteiger partial charge in [-0.15, -0.1) is 0 Å². The van der Waals surface area contributed by atoms with Crippen LogP contribution in [0.15, 0.2) is 97.6 Å². The van der Waals surface area contributed by atoms with Gasteiger partial charge in [0.25, 0.3) is 0 Å². The van der Waals surface area contributed by atoms with E-state index in [1.807, 2.05) is 54.6 Å². The Balaban J connectivity index is 2.20. The lowest BCUT2D eigenvalue weighted by Gasteiger charge is -2.27. The first-order valence-electron chi connectivity index (χ1n) is 8.44. The normalized spacial score (nSPS) is 12.2. The van der Waals surface area contributed by atoms with E-state index >= 15 is 0 Å². The van der Waals surface area contributed by atoms with E-state index in [0.717, 1.165) is 17.1 Å². The van der Waals surface area contributed by atoms with E-state index in [2.05, 4.69) is 52.1 Å². The second kappa shape index (κ2) is 8.34. The van der Waals surface area contributed by atoms with Crippen molar-refractivity contribution in [2.45, 2.75) is 26.2 Å². The monoisotopic (exact) mass is 330 g/mol. The van der Waals surface area contributed by atoms with Crippen LogP contribution in [0.4, 0.5) is 0 Å². The molecule has 0 radical (unpaired) electrons. The lowest BCUT2D eigenvalue weighted by Crippen LogP contribution is -2.19. The van der Waals surface area contributed by atoms with Crippen molar-refractivity contribution in [3.63, 3.8) is 0 Å². The Hall–Kier alpha value is -2.80. The van der Waals surface area contributed by atoms with Crippen molar-refractivity contribution in [1.82, 2.24) is 0 Å². The summed E-state index contributed by atoms with van der Waals surface area (Å²) in [5, 5.41) is 0.